The van der Waals surface area contributed by atoms with E-state index in [1.54, 1.807) is 13.0 Å². The zero-order valence-electron chi connectivity index (χ0n) is 13.6. The fourth-order valence-electron chi connectivity index (χ4n) is 2.31. The number of rotatable bonds is 5. The van der Waals surface area contributed by atoms with E-state index in [-0.39, 0.29) is 17.0 Å². The summed E-state index contributed by atoms with van der Waals surface area (Å²) in [5, 5.41) is 23.0. The molecule has 0 aliphatic carbocycles. The number of phenolic OH excluding ortho intramolecular Hbond substituents is 1. The second-order valence-corrected chi connectivity index (χ2v) is 5.34. The summed E-state index contributed by atoms with van der Waals surface area (Å²) in [5.41, 5.74) is 0.673. The van der Waals surface area contributed by atoms with Gasteiger partial charge in [0.2, 0.25) is 0 Å². The molecule has 0 saturated carbocycles. The number of esters is 1. The summed E-state index contributed by atoms with van der Waals surface area (Å²) in [5.74, 6) is -1.49. The molecule has 2 aromatic carbocycles. The van der Waals surface area contributed by atoms with E-state index in [1.807, 2.05) is 0 Å². The van der Waals surface area contributed by atoms with Gasteiger partial charge in [-0.05, 0) is 36.2 Å². The maximum absolute atomic E-state index is 12.5. The van der Waals surface area contributed by atoms with E-state index in [2.05, 4.69) is 10.1 Å². The average Bonchev–Trinajstić information content (AvgIpc) is 2.58. The van der Waals surface area contributed by atoms with Gasteiger partial charge >= 0.3 is 5.97 Å². The maximum atomic E-state index is 12.5. The molecule has 0 radical (unpaired) electrons. The molecule has 0 aliphatic rings. The summed E-state index contributed by atoms with van der Waals surface area (Å²) in [4.78, 5) is 34.8. The number of phenols is 1. The Labute approximate surface area is 143 Å². The number of benzene rings is 2. The molecule has 0 aromatic heterocycles. The Balaban J connectivity index is 2.34. The number of carbonyl (C=O) groups is 2. The van der Waals surface area contributed by atoms with Crippen LogP contribution in [-0.2, 0) is 9.53 Å². The highest BCUT2D eigenvalue weighted by Crippen LogP contribution is 2.21. The lowest BCUT2D eigenvalue weighted by atomic mass is 10.0. The van der Waals surface area contributed by atoms with E-state index in [0.29, 0.717) is 11.1 Å². The number of nitro benzene ring substituents is 1. The monoisotopic (exact) mass is 344 g/mol. The Bertz CT molecular complexity index is 834. The molecule has 0 heterocycles. The van der Waals surface area contributed by atoms with Gasteiger partial charge in [-0.3, -0.25) is 14.9 Å². The fourth-order valence-corrected chi connectivity index (χ4v) is 2.31. The van der Waals surface area contributed by atoms with Crippen LogP contribution >= 0.6 is 0 Å². The highest BCUT2D eigenvalue weighted by atomic mass is 16.6. The lowest BCUT2D eigenvalue weighted by molar-refractivity contribution is -0.384. The number of nitro groups is 1. The van der Waals surface area contributed by atoms with Crippen LogP contribution in [0.15, 0.2) is 42.5 Å². The minimum absolute atomic E-state index is 0.0424. The normalized spacial score (nSPS) is 11.4. The molecular weight excluding hydrogens is 328 g/mol. The van der Waals surface area contributed by atoms with Gasteiger partial charge in [0.1, 0.15) is 5.75 Å². The van der Waals surface area contributed by atoms with Crippen LogP contribution in [0.5, 0.6) is 5.75 Å². The van der Waals surface area contributed by atoms with Gasteiger partial charge in [0.15, 0.2) is 6.04 Å². The van der Waals surface area contributed by atoms with E-state index in [9.17, 15) is 24.8 Å². The molecule has 1 atom stereocenters. The standard InChI is InChI=1S/C17H16N2O6/c1-10-6-12(8-13(7-10)19(23)24)16(21)18-15(17(22)25-2)11-4-3-5-14(20)9-11/h3-9,15,20H,1-2H3,(H,18,21)/t15-/m1/s1. The SMILES string of the molecule is COC(=O)[C@H](NC(=O)c1cc(C)cc([N+](=O)[O-])c1)c1cccc(O)c1. The maximum Gasteiger partial charge on any atom is 0.333 e. The highest BCUT2D eigenvalue weighted by molar-refractivity contribution is 5.97. The number of aromatic hydroxyl groups is 1. The number of nitrogens with one attached hydrogen (secondary N) is 1. The van der Waals surface area contributed by atoms with Gasteiger partial charge in [0.05, 0.1) is 12.0 Å². The van der Waals surface area contributed by atoms with Crippen LogP contribution < -0.4 is 5.32 Å². The number of hydrogen-bond acceptors (Lipinski definition) is 6. The first-order chi connectivity index (χ1) is 11.8. The first-order valence-corrected chi connectivity index (χ1v) is 7.25. The number of hydrogen-bond donors (Lipinski definition) is 2. The third-order valence-electron chi connectivity index (χ3n) is 3.45. The number of amides is 1. The molecule has 0 aliphatic heterocycles. The summed E-state index contributed by atoms with van der Waals surface area (Å²) in [6.07, 6.45) is 0. The molecule has 2 rings (SSSR count). The number of nitrogens with zero attached hydrogens (tertiary/aromatic N) is 1. The second kappa shape index (κ2) is 7.43. The van der Waals surface area contributed by atoms with Crippen molar-refractivity contribution in [2.75, 3.05) is 7.11 Å². The van der Waals surface area contributed by atoms with E-state index in [1.165, 1.54) is 37.4 Å². The lowest BCUT2D eigenvalue weighted by Crippen LogP contribution is -2.34. The molecule has 2 aromatic rings. The van der Waals surface area contributed by atoms with Gasteiger partial charge in [-0.25, -0.2) is 4.79 Å². The molecule has 130 valence electrons. The topological polar surface area (TPSA) is 119 Å². The molecule has 0 spiro atoms. The largest absolute Gasteiger partial charge is 0.508 e. The molecule has 8 heteroatoms. The average molecular weight is 344 g/mol. The lowest BCUT2D eigenvalue weighted by Gasteiger charge is -2.17. The third-order valence-corrected chi connectivity index (χ3v) is 3.45. The number of carbonyl (C=O) groups excluding carboxylic acids is 2. The van der Waals surface area contributed by atoms with E-state index < -0.39 is 22.8 Å². The zero-order valence-corrected chi connectivity index (χ0v) is 13.6. The molecule has 0 fully saturated rings. The highest BCUT2D eigenvalue weighted by Gasteiger charge is 2.25. The van der Waals surface area contributed by atoms with Crippen LogP contribution in [0.2, 0.25) is 0 Å². The van der Waals surface area contributed by atoms with Crippen molar-refractivity contribution in [2.24, 2.45) is 0 Å². The second-order valence-electron chi connectivity index (χ2n) is 5.34. The van der Waals surface area contributed by atoms with Gasteiger partial charge in [0.25, 0.3) is 11.6 Å². The number of non-ortho nitro benzene ring substituents is 1. The third kappa shape index (κ3) is 4.31. The Morgan fingerprint density at radius 2 is 1.96 bits per heavy atom. The molecule has 25 heavy (non-hydrogen) atoms. The first-order valence-electron chi connectivity index (χ1n) is 7.25. The van der Waals surface area contributed by atoms with Gasteiger partial charge in [-0.1, -0.05) is 12.1 Å². The quantitative estimate of drug-likeness (QED) is 0.488. The fraction of sp³-hybridized carbons (Fsp3) is 0.176. The minimum atomic E-state index is -1.16. The first kappa shape index (κ1) is 17.9. The molecule has 0 unspecified atom stereocenters. The van der Waals surface area contributed by atoms with Crippen molar-refractivity contribution in [1.29, 1.82) is 0 Å². The van der Waals surface area contributed by atoms with Crippen LogP contribution in [0.1, 0.15) is 27.5 Å². The van der Waals surface area contributed by atoms with Crippen LogP contribution in [-0.4, -0.2) is 29.0 Å². The van der Waals surface area contributed by atoms with Gasteiger partial charge in [0, 0.05) is 17.7 Å². The summed E-state index contributed by atoms with van der Waals surface area (Å²) in [6, 6.07) is 8.57. The van der Waals surface area contributed by atoms with Crippen molar-refractivity contribution in [3.05, 3.63) is 69.3 Å². The zero-order chi connectivity index (χ0) is 18.6. The van der Waals surface area contributed by atoms with Gasteiger partial charge < -0.3 is 15.2 Å². The van der Waals surface area contributed by atoms with E-state index in [0.717, 1.165) is 6.07 Å². The van der Waals surface area contributed by atoms with Crippen molar-refractivity contribution in [1.82, 2.24) is 5.32 Å². The molecule has 0 saturated heterocycles. The molecule has 0 bridgehead atoms. The number of methoxy groups -OCH3 is 1. The summed E-state index contributed by atoms with van der Waals surface area (Å²) >= 11 is 0. The Hall–Kier alpha value is -3.42. The Morgan fingerprint density at radius 3 is 2.56 bits per heavy atom. The molecule has 1 amide bonds. The Morgan fingerprint density at radius 1 is 1.24 bits per heavy atom. The van der Waals surface area contributed by atoms with Crippen LogP contribution in [0.3, 0.4) is 0 Å². The van der Waals surface area contributed by atoms with E-state index in [4.69, 9.17) is 0 Å². The Kier molecular flexibility index (Phi) is 5.33. The van der Waals surface area contributed by atoms with Crippen LogP contribution in [0, 0.1) is 17.0 Å². The van der Waals surface area contributed by atoms with Gasteiger partial charge in [-0.2, -0.15) is 0 Å². The molecule has 2 N–H and O–H groups in total. The predicted octanol–water partition coefficient (Wildman–Crippen LogP) is 2.25. The predicted molar refractivity (Wildman–Crippen MR) is 88.2 cm³/mol. The molecule has 8 nitrogen and oxygen atoms in total. The van der Waals surface area contributed by atoms with Crippen molar-refractivity contribution in [3.63, 3.8) is 0 Å². The minimum Gasteiger partial charge on any atom is -0.508 e. The van der Waals surface area contributed by atoms with Crippen molar-refractivity contribution >= 4 is 17.6 Å². The van der Waals surface area contributed by atoms with Crippen LogP contribution in [0.25, 0.3) is 0 Å². The number of aryl methyl sites for hydroxylation is 1. The summed E-state index contributed by atoms with van der Waals surface area (Å²) < 4.78 is 4.69. The van der Waals surface area contributed by atoms with Crippen LogP contribution in [0.4, 0.5) is 5.69 Å². The van der Waals surface area contributed by atoms with Crippen molar-refractivity contribution in [2.45, 2.75) is 13.0 Å². The molecular formula is C17H16N2O6. The smallest absolute Gasteiger partial charge is 0.333 e. The van der Waals surface area contributed by atoms with Crippen molar-refractivity contribution < 1.29 is 24.4 Å². The summed E-state index contributed by atoms with van der Waals surface area (Å²) in [7, 11) is 1.17. The summed E-state index contributed by atoms with van der Waals surface area (Å²) in [6.45, 7) is 1.62. The van der Waals surface area contributed by atoms with Gasteiger partial charge in [-0.15, -0.1) is 0 Å². The van der Waals surface area contributed by atoms with Crippen molar-refractivity contribution in [3.8, 4) is 5.75 Å². The number of ether oxygens (including phenoxy) is 1. The van der Waals surface area contributed by atoms with E-state index >= 15 is 0 Å².